The largest absolute Gasteiger partial charge is 0.496 e. The second kappa shape index (κ2) is 6.50. The first-order chi connectivity index (χ1) is 8.67. The number of nitriles is 1. The Hall–Kier alpha value is -2.22. The average Bonchev–Trinajstić information content (AvgIpc) is 2.42. The maximum Gasteiger partial charge on any atom is 0.171 e. The Morgan fingerprint density at radius 2 is 1.72 bits per heavy atom. The molecule has 0 atom stereocenters. The number of carbonyl (C=O) groups is 1. The highest BCUT2D eigenvalue weighted by atomic mass is 16.5. The molecule has 0 saturated carbocycles. The van der Waals surface area contributed by atoms with Gasteiger partial charge in [-0.25, -0.2) is 0 Å². The van der Waals surface area contributed by atoms with E-state index in [1.807, 2.05) is 6.07 Å². The molecular weight excluding hydrogens is 234 g/mol. The summed E-state index contributed by atoms with van der Waals surface area (Å²) in [5.74, 6) is 1.12. The van der Waals surface area contributed by atoms with E-state index in [1.165, 1.54) is 21.3 Å². The van der Waals surface area contributed by atoms with E-state index in [1.54, 1.807) is 12.1 Å². The SMILES string of the molecule is COc1cc(OC)c(C(=O)CCC#N)c(OC)c1. The summed E-state index contributed by atoms with van der Waals surface area (Å²) in [6, 6.07) is 5.17. The maximum atomic E-state index is 12.0. The normalized spacial score (nSPS) is 9.44. The maximum absolute atomic E-state index is 12.0. The highest BCUT2D eigenvalue weighted by Crippen LogP contribution is 2.34. The van der Waals surface area contributed by atoms with Crippen LogP contribution in [0.1, 0.15) is 23.2 Å². The van der Waals surface area contributed by atoms with Gasteiger partial charge in [0.05, 0.1) is 27.4 Å². The molecule has 1 aromatic carbocycles. The Kier molecular flexibility index (Phi) is 5.00. The summed E-state index contributed by atoms with van der Waals surface area (Å²) in [6.45, 7) is 0. The van der Waals surface area contributed by atoms with E-state index in [4.69, 9.17) is 19.5 Å². The van der Waals surface area contributed by atoms with Gasteiger partial charge in [-0.05, 0) is 0 Å². The molecule has 18 heavy (non-hydrogen) atoms. The highest BCUT2D eigenvalue weighted by molar-refractivity contribution is 6.01. The van der Waals surface area contributed by atoms with Crippen molar-refractivity contribution in [1.82, 2.24) is 0 Å². The fraction of sp³-hybridized carbons (Fsp3) is 0.385. The molecule has 5 heteroatoms. The van der Waals surface area contributed by atoms with Crippen LogP contribution in [0.15, 0.2) is 12.1 Å². The zero-order valence-corrected chi connectivity index (χ0v) is 10.6. The molecule has 0 amide bonds. The lowest BCUT2D eigenvalue weighted by atomic mass is 10.0. The lowest BCUT2D eigenvalue weighted by Crippen LogP contribution is -2.05. The quantitative estimate of drug-likeness (QED) is 0.723. The lowest BCUT2D eigenvalue weighted by Gasteiger charge is -2.13. The standard InChI is InChI=1S/C13H15NO4/c1-16-9-7-11(17-2)13(12(8-9)18-3)10(15)5-4-6-14/h7-8H,4-5H2,1-3H3. The number of benzene rings is 1. The number of ether oxygens (including phenoxy) is 3. The lowest BCUT2D eigenvalue weighted by molar-refractivity contribution is 0.0978. The zero-order valence-electron chi connectivity index (χ0n) is 10.6. The second-order valence-corrected chi connectivity index (χ2v) is 3.49. The van der Waals surface area contributed by atoms with Crippen LogP contribution in [0.3, 0.4) is 0 Å². The third kappa shape index (κ3) is 2.92. The predicted octanol–water partition coefficient (Wildman–Crippen LogP) is 2.20. The Morgan fingerprint density at radius 3 is 2.11 bits per heavy atom. The van der Waals surface area contributed by atoms with Crippen molar-refractivity contribution in [2.45, 2.75) is 12.8 Å². The predicted molar refractivity (Wildman–Crippen MR) is 65.3 cm³/mol. The molecule has 0 unspecified atom stereocenters. The smallest absolute Gasteiger partial charge is 0.171 e. The second-order valence-electron chi connectivity index (χ2n) is 3.49. The average molecular weight is 249 g/mol. The fourth-order valence-corrected chi connectivity index (χ4v) is 1.57. The van der Waals surface area contributed by atoms with Gasteiger partial charge in [0.1, 0.15) is 22.8 Å². The summed E-state index contributed by atoms with van der Waals surface area (Å²) in [6.07, 6.45) is 0.298. The van der Waals surface area contributed by atoms with Crippen LogP contribution >= 0.6 is 0 Å². The topological polar surface area (TPSA) is 68.5 Å². The molecule has 1 rings (SSSR count). The van der Waals surface area contributed by atoms with Crippen molar-refractivity contribution in [1.29, 1.82) is 5.26 Å². The number of hydrogen-bond acceptors (Lipinski definition) is 5. The van der Waals surface area contributed by atoms with Gasteiger partial charge in [0.2, 0.25) is 0 Å². The fourth-order valence-electron chi connectivity index (χ4n) is 1.57. The minimum atomic E-state index is -0.187. The number of nitrogens with zero attached hydrogens (tertiary/aromatic N) is 1. The Balaban J connectivity index is 3.23. The van der Waals surface area contributed by atoms with Crippen molar-refractivity contribution >= 4 is 5.78 Å². The summed E-state index contributed by atoms with van der Waals surface area (Å²) in [4.78, 5) is 12.0. The van der Waals surface area contributed by atoms with E-state index in [-0.39, 0.29) is 18.6 Å². The molecule has 5 nitrogen and oxygen atoms in total. The summed E-state index contributed by atoms with van der Waals surface area (Å²) < 4.78 is 15.4. The number of rotatable bonds is 6. The molecule has 0 N–H and O–H groups in total. The van der Waals surface area contributed by atoms with Gasteiger partial charge < -0.3 is 14.2 Å². The number of hydrogen-bond donors (Lipinski definition) is 0. The van der Waals surface area contributed by atoms with Crippen LogP contribution in [0.2, 0.25) is 0 Å². The summed E-state index contributed by atoms with van der Waals surface area (Å²) in [5, 5.41) is 8.51. The molecular formula is C13H15NO4. The van der Waals surface area contributed by atoms with E-state index in [0.717, 1.165) is 0 Å². The molecule has 0 aliphatic carbocycles. The van der Waals surface area contributed by atoms with Gasteiger partial charge >= 0.3 is 0 Å². The van der Waals surface area contributed by atoms with Gasteiger partial charge in [-0.2, -0.15) is 5.26 Å². The van der Waals surface area contributed by atoms with Gasteiger partial charge in [0.15, 0.2) is 5.78 Å². The number of Topliss-reactive ketones (excluding diaryl/α,β-unsaturated/α-hetero) is 1. The van der Waals surface area contributed by atoms with Crippen molar-refractivity contribution in [3.05, 3.63) is 17.7 Å². The molecule has 0 bridgehead atoms. The summed E-state index contributed by atoms with van der Waals surface area (Å²) >= 11 is 0. The van der Waals surface area contributed by atoms with Crippen LogP contribution in [0, 0.1) is 11.3 Å². The number of methoxy groups -OCH3 is 3. The van der Waals surface area contributed by atoms with Crippen molar-refractivity contribution in [3.8, 4) is 23.3 Å². The van der Waals surface area contributed by atoms with Gasteiger partial charge in [-0.1, -0.05) is 0 Å². The van der Waals surface area contributed by atoms with Crippen molar-refractivity contribution in [2.75, 3.05) is 21.3 Å². The molecule has 0 spiro atoms. The Morgan fingerprint density at radius 1 is 1.17 bits per heavy atom. The van der Waals surface area contributed by atoms with Crippen LogP contribution in [-0.2, 0) is 0 Å². The van der Waals surface area contributed by atoms with E-state index in [0.29, 0.717) is 22.8 Å². The zero-order chi connectivity index (χ0) is 13.5. The van der Waals surface area contributed by atoms with Crippen molar-refractivity contribution in [3.63, 3.8) is 0 Å². The van der Waals surface area contributed by atoms with Gasteiger partial charge in [0, 0.05) is 25.0 Å². The molecule has 0 saturated heterocycles. The van der Waals surface area contributed by atoms with Crippen LogP contribution in [-0.4, -0.2) is 27.1 Å². The van der Waals surface area contributed by atoms with Crippen LogP contribution in [0.4, 0.5) is 0 Å². The molecule has 0 heterocycles. The molecule has 0 aliphatic heterocycles. The van der Waals surface area contributed by atoms with Gasteiger partial charge in [-0.3, -0.25) is 4.79 Å². The molecule has 0 radical (unpaired) electrons. The van der Waals surface area contributed by atoms with Gasteiger partial charge in [-0.15, -0.1) is 0 Å². The monoisotopic (exact) mass is 249 g/mol. The minimum Gasteiger partial charge on any atom is -0.496 e. The first-order valence-corrected chi connectivity index (χ1v) is 5.38. The molecule has 0 aromatic heterocycles. The van der Waals surface area contributed by atoms with Crippen LogP contribution in [0.5, 0.6) is 17.2 Å². The number of ketones is 1. The van der Waals surface area contributed by atoms with E-state index >= 15 is 0 Å². The molecule has 0 fully saturated rings. The van der Waals surface area contributed by atoms with E-state index in [2.05, 4.69) is 0 Å². The van der Waals surface area contributed by atoms with Crippen LogP contribution in [0.25, 0.3) is 0 Å². The molecule has 0 aliphatic rings. The molecule has 96 valence electrons. The summed E-state index contributed by atoms with van der Waals surface area (Å²) in [7, 11) is 4.45. The third-order valence-corrected chi connectivity index (χ3v) is 2.46. The minimum absolute atomic E-state index is 0.134. The first kappa shape index (κ1) is 13.8. The molecule has 1 aromatic rings. The third-order valence-electron chi connectivity index (χ3n) is 2.46. The number of carbonyl (C=O) groups excluding carboxylic acids is 1. The highest BCUT2D eigenvalue weighted by Gasteiger charge is 2.19. The van der Waals surface area contributed by atoms with E-state index in [9.17, 15) is 4.79 Å². The van der Waals surface area contributed by atoms with Crippen molar-refractivity contribution < 1.29 is 19.0 Å². The van der Waals surface area contributed by atoms with Gasteiger partial charge in [0.25, 0.3) is 0 Å². The van der Waals surface area contributed by atoms with E-state index < -0.39 is 0 Å². The summed E-state index contributed by atoms with van der Waals surface area (Å²) in [5.41, 5.74) is 0.344. The Bertz CT molecular complexity index is 451. The Labute approximate surface area is 106 Å². The van der Waals surface area contributed by atoms with Crippen molar-refractivity contribution in [2.24, 2.45) is 0 Å². The first-order valence-electron chi connectivity index (χ1n) is 5.38. The van der Waals surface area contributed by atoms with Crippen LogP contribution < -0.4 is 14.2 Å².